The molecule has 0 saturated carbocycles. The zero-order valence-corrected chi connectivity index (χ0v) is 11.7. The molecular weight excluding hydrogens is 286 g/mol. The molecule has 1 aromatic rings. The number of hydrogen-bond donors (Lipinski definition) is 1. The predicted octanol–water partition coefficient (Wildman–Crippen LogP) is 2.32. The molecule has 2 bridgehead atoms. The van der Waals surface area contributed by atoms with Crippen molar-refractivity contribution in [2.45, 2.75) is 38.0 Å². The van der Waals surface area contributed by atoms with E-state index in [1.807, 2.05) is 4.90 Å². The Balaban J connectivity index is 1.83. The first-order valence-corrected chi connectivity index (χ1v) is 7.60. The quantitative estimate of drug-likeness (QED) is 0.931. The van der Waals surface area contributed by atoms with E-state index in [0.717, 1.165) is 43.7 Å². The summed E-state index contributed by atoms with van der Waals surface area (Å²) in [4.78, 5) is 14.8. The lowest BCUT2D eigenvalue weighted by molar-refractivity contribution is -0.0499. The summed E-state index contributed by atoms with van der Waals surface area (Å²) >= 11 is 1.16. The van der Waals surface area contributed by atoms with Gasteiger partial charge < -0.3 is 15.0 Å². The molecule has 0 aromatic carbocycles. The van der Waals surface area contributed by atoms with Gasteiger partial charge in [0, 0.05) is 18.6 Å². The van der Waals surface area contributed by atoms with E-state index >= 15 is 0 Å². The summed E-state index contributed by atoms with van der Waals surface area (Å²) < 4.78 is 29.2. The molecule has 2 saturated heterocycles. The maximum atomic E-state index is 12.7. The summed E-state index contributed by atoms with van der Waals surface area (Å²) in [6.45, 7) is -1.23. The number of rotatable bonds is 3. The molecule has 2 unspecified atom stereocenters. The van der Waals surface area contributed by atoms with Gasteiger partial charge in [-0.25, -0.2) is 0 Å². The summed E-state index contributed by atoms with van der Waals surface area (Å²) in [5, 5.41) is 4.93. The van der Waals surface area contributed by atoms with Gasteiger partial charge in [0.05, 0.1) is 0 Å². The molecule has 1 N–H and O–H groups in total. The molecule has 110 valence electrons. The van der Waals surface area contributed by atoms with E-state index in [-0.39, 0.29) is 28.6 Å². The number of amides is 1. The fraction of sp³-hybridized carbons (Fsp3) is 0.615. The maximum absolute atomic E-state index is 12.7. The smallest absolute Gasteiger partial charge is 0.387 e. The number of nitrogens with zero attached hydrogens (tertiary/aromatic N) is 1. The lowest BCUT2D eigenvalue weighted by atomic mass is 10.1. The third kappa shape index (κ3) is 2.52. The van der Waals surface area contributed by atoms with Crippen LogP contribution >= 0.6 is 11.3 Å². The minimum atomic E-state index is -2.90. The molecule has 3 rings (SSSR count). The topological polar surface area (TPSA) is 41.6 Å². The molecule has 7 heteroatoms. The Morgan fingerprint density at radius 1 is 1.40 bits per heavy atom. The highest BCUT2D eigenvalue weighted by atomic mass is 32.1. The number of hydrogen-bond acceptors (Lipinski definition) is 4. The lowest BCUT2D eigenvalue weighted by Crippen LogP contribution is -2.42. The normalized spacial score (nSPS) is 25.9. The summed E-state index contributed by atoms with van der Waals surface area (Å²) in [6.07, 6.45) is 2.88. The number of nitrogens with one attached hydrogen (secondary N) is 1. The maximum Gasteiger partial charge on any atom is 0.387 e. The van der Waals surface area contributed by atoms with Gasteiger partial charge in [-0.3, -0.25) is 4.79 Å². The number of thiophene rings is 1. The van der Waals surface area contributed by atoms with Crippen LogP contribution in [0.25, 0.3) is 0 Å². The van der Waals surface area contributed by atoms with Gasteiger partial charge in [-0.05, 0) is 37.3 Å². The van der Waals surface area contributed by atoms with Gasteiger partial charge in [0.2, 0.25) is 0 Å². The Labute approximate surface area is 119 Å². The Morgan fingerprint density at radius 2 is 2.20 bits per heavy atom. The zero-order valence-electron chi connectivity index (χ0n) is 10.9. The van der Waals surface area contributed by atoms with Crippen molar-refractivity contribution in [1.82, 2.24) is 10.2 Å². The second-order valence-electron chi connectivity index (χ2n) is 5.08. The van der Waals surface area contributed by atoms with Crippen LogP contribution in [0.1, 0.15) is 28.9 Å². The SMILES string of the molecule is O=C(c1sccc1OC(F)F)N1C2CCNCC1CC2. The predicted molar refractivity (Wildman–Crippen MR) is 71.4 cm³/mol. The van der Waals surface area contributed by atoms with Gasteiger partial charge in [0.1, 0.15) is 10.6 Å². The molecule has 2 atom stereocenters. The molecule has 4 nitrogen and oxygen atoms in total. The van der Waals surface area contributed by atoms with E-state index in [1.165, 1.54) is 6.07 Å². The van der Waals surface area contributed by atoms with Gasteiger partial charge in [-0.15, -0.1) is 11.3 Å². The average molecular weight is 302 g/mol. The minimum Gasteiger partial charge on any atom is -0.433 e. The monoisotopic (exact) mass is 302 g/mol. The molecule has 2 fully saturated rings. The van der Waals surface area contributed by atoms with Crippen molar-refractivity contribution in [3.8, 4) is 5.75 Å². The molecule has 2 aliphatic rings. The van der Waals surface area contributed by atoms with E-state index in [4.69, 9.17) is 0 Å². The van der Waals surface area contributed by atoms with Crippen LogP contribution in [0.4, 0.5) is 8.78 Å². The molecule has 0 radical (unpaired) electrons. The summed E-state index contributed by atoms with van der Waals surface area (Å²) in [5.74, 6) is -0.182. The number of halogens is 2. The van der Waals surface area contributed by atoms with Crippen LogP contribution in [0, 0.1) is 0 Å². The first kappa shape index (κ1) is 13.8. The average Bonchev–Trinajstić information content (AvgIpc) is 2.91. The van der Waals surface area contributed by atoms with Crippen molar-refractivity contribution in [3.05, 3.63) is 16.3 Å². The van der Waals surface area contributed by atoms with Crippen molar-refractivity contribution in [2.24, 2.45) is 0 Å². The molecule has 0 aliphatic carbocycles. The molecule has 1 aromatic heterocycles. The number of ether oxygens (including phenoxy) is 1. The van der Waals surface area contributed by atoms with Gasteiger partial charge in [-0.2, -0.15) is 8.78 Å². The van der Waals surface area contributed by atoms with Crippen LogP contribution in [0.3, 0.4) is 0 Å². The Morgan fingerprint density at radius 3 is 3.00 bits per heavy atom. The molecular formula is C13H16F2N2O2S. The summed E-state index contributed by atoms with van der Waals surface area (Å²) in [7, 11) is 0. The van der Waals surface area contributed by atoms with Crippen LogP contribution in [0.15, 0.2) is 11.4 Å². The highest BCUT2D eigenvalue weighted by Crippen LogP contribution is 2.34. The van der Waals surface area contributed by atoms with Crippen LogP contribution in [-0.2, 0) is 0 Å². The number of alkyl halides is 2. The summed E-state index contributed by atoms with van der Waals surface area (Å²) in [5.41, 5.74) is 0. The van der Waals surface area contributed by atoms with Gasteiger partial charge >= 0.3 is 6.61 Å². The number of carbonyl (C=O) groups is 1. The standard InChI is InChI=1S/C13H16F2N2O2S/c14-13(15)19-10-4-6-20-11(10)12(18)17-8-1-2-9(17)7-16-5-3-8/h4,6,8-9,13,16H,1-3,5,7H2. The number of carbonyl (C=O) groups excluding carboxylic acids is 1. The van der Waals surface area contributed by atoms with Crippen LogP contribution in [0.2, 0.25) is 0 Å². The lowest BCUT2D eigenvalue weighted by Gasteiger charge is -2.27. The van der Waals surface area contributed by atoms with Crippen molar-refractivity contribution < 1.29 is 18.3 Å². The molecule has 1 amide bonds. The van der Waals surface area contributed by atoms with Crippen molar-refractivity contribution in [1.29, 1.82) is 0 Å². The molecule has 2 aliphatic heterocycles. The zero-order chi connectivity index (χ0) is 14.1. The second-order valence-corrected chi connectivity index (χ2v) is 6.00. The number of fused-ring (bicyclic) bond motifs is 2. The summed E-state index contributed by atoms with van der Waals surface area (Å²) in [6, 6.07) is 1.81. The highest BCUT2D eigenvalue weighted by molar-refractivity contribution is 7.12. The van der Waals surface area contributed by atoms with E-state index < -0.39 is 6.61 Å². The third-order valence-corrected chi connectivity index (χ3v) is 4.81. The van der Waals surface area contributed by atoms with E-state index in [1.54, 1.807) is 5.38 Å². The Bertz CT molecular complexity index is 480. The fourth-order valence-corrected chi connectivity index (χ4v) is 3.84. The first-order chi connectivity index (χ1) is 9.66. The molecule has 3 heterocycles. The van der Waals surface area contributed by atoms with Crippen LogP contribution in [-0.4, -0.2) is 42.6 Å². The Hall–Kier alpha value is -1.21. The van der Waals surface area contributed by atoms with E-state index in [2.05, 4.69) is 10.1 Å². The van der Waals surface area contributed by atoms with Gasteiger partial charge in [0.15, 0.2) is 0 Å². The minimum absolute atomic E-state index is 0.00777. The third-order valence-electron chi connectivity index (χ3n) is 3.93. The van der Waals surface area contributed by atoms with Crippen molar-refractivity contribution in [3.63, 3.8) is 0 Å². The van der Waals surface area contributed by atoms with E-state index in [9.17, 15) is 13.6 Å². The van der Waals surface area contributed by atoms with E-state index in [0.29, 0.717) is 0 Å². The first-order valence-electron chi connectivity index (χ1n) is 6.72. The second kappa shape index (κ2) is 5.65. The van der Waals surface area contributed by atoms with Gasteiger partial charge in [0.25, 0.3) is 5.91 Å². The van der Waals surface area contributed by atoms with Crippen LogP contribution in [0.5, 0.6) is 5.75 Å². The van der Waals surface area contributed by atoms with Crippen molar-refractivity contribution >= 4 is 17.2 Å². The highest BCUT2D eigenvalue weighted by Gasteiger charge is 2.39. The molecule has 20 heavy (non-hydrogen) atoms. The van der Waals surface area contributed by atoms with Crippen LogP contribution < -0.4 is 10.1 Å². The fourth-order valence-electron chi connectivity index (χ4n) is 3.07. The Kier molecular flexibility index (Phi) is 3.89. The largest absolute Gasteiger partial charge is 0.433 e. The van der Waals surface area contributed by atoms with Crippen molar-refractivity contribution in [2.75, 3.05) is 13.1 Å². The van der Waals surface area contributed by atoms with Gasteiger partial charge in [-0.1, -0.05) is 0 Å². The molecule has 0 spiro atoms.